The van der Waals surface area contributed by atoms with Gasteiger partial charge in [-0.05, 0) is 43.4 Å². The van der Waals surface area contributed by atoms with Crippen LogP contribution in [0.2, 0.25) is 0 Å². The van der Waals surface area contributed by atoms with Gasteiger partial charge in [-0.3, -0.25) is 14.4 Å². The molecule has 10 heteroatoms. The summed E-state index contributed by atoms with van der Waals surface area (Å²) in [7, 11) is 1.28. The van der Waals surface area contributed by atoms with Gasteiger partial charge in [-0.25, -0.2) is 4.79 Å². The van der Waals surface area contributed by atoms with Crippen LogP contribution < -0.4 is 14.8 Å². The van der Waals surface area contributed by atoms with Gasteiger partial charge in [0.05, 0.1) is 13.7 Å². The zero-order valence-electron chi connectivity index (χ0n) is 23.2. The van der Waals surface area contributed by atoms with E-state index in [1.165, 1.54) is 7.11 Å². The quantitative estimate of drug-likeness (QED) is 0.148. The highest BCUT2D eigenvalue weighted by atomic mass is 16.7. The minimum atomic E-state index is -0.759. The second-order valence-corrected chi connectivity index (χ2v) is 8.82. The van der Waals surface area contributed by atoms with Crippen LogP contribution in [0.3, 0.4) is 0 Å². The van der Waals surface area contributed by atoms with Gasteiger partial charge in [-0.2, -0.15) is 0 Å². The summed E-state index contributed by atoms with van der Waals surface area (Å²) in [4.78, 5) is 48.5. The Bertz CT molecular complexity index is 872. The molecule has 0 amide bonds. The fourth-order valence-corrected chi connectivity index (χ4v) is 3.37. The topological polar surface area (TPSA) is 126 Å². The molecule has 0 saturated heterocycles. The van der Waals surface area contributed by atoms with Crippen LogP contribution in [0.25, 0.3) is 0 Å². The molecule has 214 valence electrons. The summed E-state index contributed by atoms with van der Waals surface area (Å²) < 4.78 is 25.9. The highest BCUT2D eigenvalue weighted by Crippen LogP contribution is 2.30. The van der Waals surface area contributed by atoms with E-state index in [1.807, 2.05) is 13.8 Å². The van der Waals surface area contributed by atoms with Gasteiger partial charge < -0.3 is 29.0 Å². The Hall–Kier alpha value is -3.14. The lowest BCUT2D eigenvalue weighted by Gasteiger charge is -2.18. The predicted octanol–water partition coefficient (Wildman–Crippen LogP) is 4.89. The van der Waals surface area contributed by atoms with E-state index in [9.17, 15) is 19.2 Å². The second kappa shape index (κ2) is 19.9. The Morgan fingerprint density at radius 3 is 2.00 bits per heavy atom. The first-order valence-electron chi connectivity index (χ1n) is 13.5. The maximum absolute atomic E-state index is 12.4. The lowest BCUT2D eigenvalue weighted by Crippen LogP contribution is -2.41. The van der Waals surface area contributed by atoms with Gasteiger partial charge in [0.25, 0.3) is 0 Å². The molecule has 0 radical (unpaired) electrons. The van der Waals surface area contributed by atoms with Crippen LogP contribution in [-0.4, -0.2) is 57.0 Å². The Morgan fingerprint density at radius 2 is 1.39 bits per heavy atom. The van der Waals surface area contributed by atoms with E-state index in [1.54, 1.807) is 18.2 Å². The molecule has 1 rings (SSSR count). The zero-order chi connectivity index (χ0) is 28.2. The summed E-state index contributed by atoms with van der Waals surface area (Å²) >= 11 is 0. The molecular formula is C28H43NO9. The summed E-state index contributed by atoms with van der Waals surface area (Å²) in [6.07, 6.45) is 5.74. The van der Waals surface area contributed by atoms with E-state index in [0.29, 0.717) is 25.0 Å². The number of esters is 3. The van der Waals surface area contributed by atoms with E-state index in [-0.39, 0.29) is 43.9 Å². The van der Waals surface area contributed by atoms with Crippen molar-refractivity contribution in [3.8, 4) is 11.5 Å². The molecule has 0 aliphatic rings. The Morgan fingerprint density at radius 1 is 0.789 bits per heavy atom. The Labute approximate surface area is 225 Å². The van der Waals surface area contributed by atoms with Crippen molar-refractivity contribution < 1.29 is 42.9 Å². The highest BCUT2D eigenvalue weighted by molar-refractivity contribution is 5.77. The molecular weight excluding hydrogens is 494 g/mol. The number of carbonyl (C=O) groups is 4. The molecule has 0 saturated carbocycles. The van der Waals surface area contributed by atoms with Crippen LogP contribution in [0.1, 0.15) is 84.1 Å². The van der Waals surface area contributed by atoms with Crippen molar-refractivity contribution in [2.45, 2.75) is 91.0 Å². The third-order valence-corrected chi connectivity index (χ3v) is 5.53. The van der Waals surface area contributed by atoms with E-state index in [2.05, 4.69) is 12.2 Å². The monoisotopic (exact) mass is 537 g/mol. The molecule has 1 N–H and O–H groups in total. The van der Waals surface area contributed by atoms with Crippen molar-refractivity contribution in [3.63, 3.8) is 0 Å². The van der Waals surface area contributed by atoms with Crippen LogP contribution in [0.15, 0.2) is 18.2 Å². The predicted molar refractivity (Wildman–Crippen MR) is 141 cm³/mol. The molecule has 0 spiro atoms. The van der Waals surface area contributed by atoms with Gasteiger partial charge in [0, 0.05) is 19.4 Å². The number of ether oxygens (including phenoxy) is 5. The third kappa shape index (κ3) is 14.0. The number of carbonyl (C=O) groups excluding carboxylic acids is 4. The van der Waals surface area contributed by atoms with Gasteiger partial charge in [-0.15, -0.1) is 0 Å². The molecule has 0 aliphatic heterocycles. The van der Waals surface area contributed by atoms with E-state index in [4.69, 9.17) is 23.7 Å². The molecule has 0 aromatic heterocycles. The van der Waals surface area contributed by atoms with Crippen molar-refractivity contribution in [2.75, 3.05) is 26.9 Å². The third-order valence-electron chi connectivity index (χ3n) is 5.53. The molecule has 38 heavy (non-hydrogen) atoms. The van der Waals surface area contributed by atoms with Crippen LogP contribution in [0.5, 0.6) is 11.5 Å². The van der Waals surface area contributed by atoms with E-state index >= 15 is 0 Å². The van der Waals surface area contributed by atoms with Crippen molar-refractivity contribution >= 4 is 24.1 Å². The van der Waals surface area contributed by atoms with Crippen molar-refractivity contribution in [1.29, 1.82) is 0 Å². The number of unbranched alkanes of at least 4 members (excludes halogenated alkanes) is 4. The summed E-state index contributed by atoms with van der Waals surface area (Å²) in [5.74, 6) is -1.09. The smallest absolute Gasteiger partial charge is 0.468 e. The minimum absolute atomic E-state index is 0.00699. The van der Waals surface area contributed by atoms with Crippen LogP contribution >= 0.6 is 0 Å². The molecule has 1 atom stereocenters. The van der Waals surface area contributed by atoms with Crippen LogP contribution in [-0.2, 0) is 35.0 Å². The fraction of sp³-hybridized carbons (Fsp3) is 0.643. The van der Waals surface area contributed by atoms with Crippen LogP contribution in [0, 0.1) is 0 Å². The number of nitrogens with one attached hydrogen (secondary N) is 1. The van der Waals surface area contributed by atoms with Gasteiger partial charge in [-0.1, -0.05) is 52.5 Å². The number of hydrogen-bond donors (Lipinski definition) is 1. The lowest BCUT2D eigenvalue weighted by molar-refractivity contribution is -0.143. The first kappa shape index (κ1) is 32.9. The lowest BCUT2D eigenvalue weighted by atomic mass is 10.1. The second-order valence-electron chi connectivity index (χ2n) is 8.82. The average molecular weight is 538 g/mol. The molecule has 0 fully saturated rings. The van der Waals surface area contributed by atoms with Gasteiger partial charge in [0.2, 0.25) is 0 Å². The zero-order valence-corrected chi connectivity index (χ0v) is 23.2. The SMILES string of the molecule is CCCCCOC(=O)OCCN[C@@H](Cc1ccc(OC(=O)CCCC)c(OC(=O)CCCC)c1)C(=O)OC. The molecule has 1 aromatic rings. The first-order chi connectivity index (χ1) is 18.3. The largest absolute Gasteiger partial charge is 0.508 e. The first-order valence-corrected chi connectivity index (χ1v) is 13.5. The maximum atomic E-state index is 12.4. The van der Waals surface area contributed by atoms with E-state index < -0.39 is 30.1 Å². The highest BCUT2D eigenvalue weighted by Gasteiger charge is 2.21. The average Bonchev–Trinajstić information content (AvgIpc) is 2.91. The summed E-state index contributed by atoms with van der Waals surface area (Å²) in [5, 5.41) is 3.01. The van der Waals surface area contributed by atoms with Crippen molar-refractivity contribution in [3.05, 3.63) is 23.8 Å². The Kier molecular flexibility index (Phi) is 17.2. The molecule has 0 unspecified atom stereocenters. The Balaban J connectivity index is 2.84. The van der Waals surface area contributed by atoms with Crippen LogP contribution in [0.4, 0.5) is 4.79 Å². The summed E-state index contributed by atoms with van der Waals surface area (Å²) in [6, 6.07) is 4.06. The minimum Gasteiger partial charge on any atom is -0.468 e. The van der Waals surface area contributed by atoms with E-state index in [0.717, 1.165) is 32.1 Å². The van der Waals surface area contributed by atoms with Crippen molar-refractivity contribution in [2.24, 2.45) is 0 Å². The molecule has 0 aliphatic carbocycles. The number of rotatable bonds is 19. The molecule has 0 heterocycles. The van der Waals surface area contributed by atoms with Gasteiger partial charge in [0.15, 0.2) is 11.5 Å². The number of hydrogen-bond acceptors (Lipinski definition) is 10. The maximum Gasteiger partial charge on any atom is 0.508 e. The van der Waals surface area contributed by atoms with Gasteiger partial charge in [0.1, 0.15) is 12.6 Å². The number of methoxy groups -OCH3 is 1. The summed E-state index contributed by atoms with van der Waals surface area (Å²) in [5.41, 5.74) is 0.649. The van der Waals surface area contributed by atoms with Crippen molar-refractivity contribution in [1.82, 2.24) is 5.32 Å². The summed E-state index contributed by atoms with van der Waals surface area (Å²) in [6.45, 7) is 6.50. The van der Waals surface area contributed by atoms with Gasteiger partial charge >= 0.3 is 24.1 Å². The standard InChI is InChI=1S/C28H43NO9/c1-5-8-11-17-35-28(33)36-18-16-29-22(27(32)34-4)19-21-14-15-23(37-25(30)12-9-6-2)24(20-21)38-26(31)13-10-7-3/h14-15,20,22,29H,5-13,16-19H2,1-4H3/t22-/m0/s1. The molecule has 0 bridgehead atoms. The fourth-order valence-electron chi connectivity index (χ4n) is 3.37. The molecule has 1 aromatic carbocycles. The number of benzene rings is 1. The normalized spacial score (nSPS) is 11.4. The molecule has 10 nitrogen and oxygen atoms in total.